The zero-order valence-corrected chi connectivity index (χ0v) is 20.0. The van der Waals surface area contributed by atoms with E-state index in [4.69, 9.17) is 28.6 Å². The molecule has 1 unspecified atom stereocenters. The van der Waals surface area contributed by atoms with E-state index in [1.807, 2.05) is 24.3 Å². The van der Waals surface area contributed by atoms with Crippen molar-refractivity contribution in [3.05, 3.63) is 45.9 Å². The smallest absolute Gasteiger partial charge is 0.248 e. The minimum atomic E-state index is -4.04. The number of benzene rings is 2. The summed E-state index contributed by atoms with van der Waals surface area (Å²) in [5.74, 6) is -0.484. The number of hydrogen-bond acceptors (Lipinski definition) is 5. The average Bonchev–Trinajstić information content (AvgIpc) is 3.15. The molecule has 1 aliphatic heterocycles. The molecule has 30 heavy (non-hydrogen) atoms. The first-order valence-electron chi connectivity index (χ1n) is 9.10. The van der Waals surface area contributed by atoms with Gasteiger partial charge >= 0.3 is 0 Å². The van der Waals surface area contributed by atoms with E-state index >= 15 is 0 Å². The first-order valence-corrected chi connectivity index (χ1v) is 12.1. The Hall–Kier alpha value is -1.43. The summed E-state index contributed by atoms with van der Waals surface area (Å²) in [5, 5.41) is 16.7. The molecule has 1 saturated heterocycles. The van der Waals surface area contributed by atoms with Gasteiger partial charge < -0.3 is 20.5 Å². The van der Waals surface area contributed by atoms with E-state index in [2.05, 4.69) is 26.6 Å². The van der Waals surface area contributed by atoms with Crippen LogP contribution in [0.4, 0.5) is 11.4 Å². The number of aromatic hydroxyl groups is 1. The Bertz CT molecular complexity index is 1050. The molecule has 0 spiro atoms. The maximum atomic E-state index is 13.3. The lowest BCUT2D eigenvalue weighted by atomic mass is 10.2. The monoisotopic (exact) mass is 533 g/mol. The molecule has 1 fully saturated rings. The molecule has 11 heteroatoms. The highest BCUT2D eigenvalue weighted by molar-refractivity contribution is 9.10. The second-order valence-electron chi connectivity index (χ2n) is 6.70. The number of thiocarbonyl (C=S) groups is 1. The largest absolute Gasteiger partial charge is 0.504 e. The minimum absolute atomic E-state index is 0.0641. The van der Waals surface area contributed by atoms with Gasteiger partial charge in [-0.05, 0) is 65.3 Å². The molecule has 1 atom stereocenters. The summed E-state index contributed by atoms with van der Waals surface area (Å²) in [6.07, 6.45) is 1.40. The van der Waals surface area contributed by atoms with E-state index in [1.165, 1.54) is 23.5 Å². The molecule has 0 aliphatic carbocycles. The molecule has 3 N–H and O–H groups in total. The van der Waals surface area contributed by atoms with E-state index in [0.29, 0.717) is 19.4 Å². The predicted molar refractivity (Wildman–Crippen MR) is 126 cm³/mol. The fourth-order valence-electron chi connectivity index (χ4n) is 3.33. The number of ether oxygens (including phenoxy) is 1. The van der Waals surface area contributed by atoms with Gasteiger partial charge in [-0.3, -0.25) is 0 Å². The molecule has 7 nitrogen and oxygen atoms in total. The Morgan fingerprint density at radius 2 is 2.00 bits per heavy atom. The van der Waals surface area contributed by atoms with Crippen LogP contribution in [-0.4, -0.2) is 49.2 Å². The second-order valence-corrected chi connectivity index (χ2v) is 10.2. The van der Waals surface area contributed by atoms with Crippen molar-refractivity contribution in [1.82, 2.24) is 4.31 Å². The number of sulfonamides is 1. The first kappa shape index (κ1) is 23.2. The van der Waals surface area contributed by atoms with E-state index in [9.17, 15) is 13.5 Å². The van der Waals surface area contributed by atoms with Crippen LogP contribution in [0.25, 0.3) is 0 Å². The van der Waals surface area contributed by atoms with Crippen molar-refractivity contribution < 1.29 is 18.3 Å². The van der Waals surface area contributed by atoms with Crippen LogP contribution < -0.4 is 10.6 Å². The number of hydrogen-bond donors (Lipinski definition) is 3. The van der Waals surface area contributed by atoms with Crippen LogP contribution in [0.5, 0.6) is 5.75 Å². The lowest BCUT2D eigenvalue weighted by Gasteiger charge is -2.25. The molecule has 1 heterocycles. The second kappa shape index (κ2) is 9.80. The summed E-state index contributed by atoms with van der Waals surface area (Å²) in [6.45, 7) is 0.612. The molecule has 162 valence electrons. The predicted octanol–water partition coefficient (Wildman–Crippen LogP) is 4.42. The summed E-state index contributed by atoms with van der Waals surface area (Å²) >= 11 is 14.9. The van der Waals surface area contributed by atoms with E-state index in [-0.39, 0.29) is 33.4 Å². The van der Waals surface area contributed by atoms with Gasteiger partial charge in [0, 0.05) is 24.2 Å². The molecule has 2 aromatic carbocycles. The topological polar surface area (TPSA) is 90.9 Å². The van der Waals surface area contributed by atoms with Crippen LogP contribution in [0.2, 0.25) is 5.02 Å². The van der Waals surface area contributed by atoms with Gasteiger partial charge in [-0.1, -0.05) is 23.7 Å². The number of anilines is 2. The highest BCUT2D eigenvalue weighted by Crippen LogP contribution is 2.40. The fraction of sp³-hybridized carbons (Fsp3) is 0.316. The molecule has 1 aliphatic rings. The molecule has 0 bridgehead atoms. The molecule has 0 aromatic heterocycles. The molecule has 0 radical (unpaired) electrons. The van der Waals surface area contributed by atoms with Crippen LogP contribution >= 0.6 is 39.7 Å². The van der Waals surface area contributed by atoms with Gasteiger partial charge in [0.2, 0.25) is 10.0 Å². The lowest BCUT2D eigenvalue weighted by molar-refractivity contribution is 0.149. The van der Waals surface area contributed by atoms with Crippen LogP contribution in [0, 0.1) is 0 Å². The zero-order chi connectivity index (χ0) is 21.9. The van der Waals surface area contributed by atoms with E-state index < -0.39 is 15.8 Å². The van der Waals surface area contributed by atoms with Gasteiger partial charge in [0.1, 0.15) is 4.90 Å². The average molecular weight is 535 g/mol. The van der Waals surface area contributed by atoms with Crippen molar-refractivity contribution >= 4 is 66.3 Å². The number of para-hydroxylation sites is 1. The Balaban J connectivity index is 1.88. The number of halogens is 2. The lowest BCUT2D eigenvalue weighted by Crippen LogP contribution is -2.38. The normalized spacial score (nSPS) is 17.1. The number of nitrogens with zero attached hydrogens (tertiary/aromatic N) is 1. The molecular weight excluding hydrogens is 514 g/mol. The summed E-state index contributed by atoms with van der Waals surface area (Å²) in [6, 6.07) is 9.96. The maximum Gasteiger partial charge on any atom is 0.248 e. The van der Waals surface area contributed by atoms with Gasteiger partial charge in [0.15, 0.2) is 10.9 Å². The molecular formula is C19H21BrClN3O4S2. The van der Waals surface area contributed by atoms with E-state index in [0.717, 1.165) is 10.2 Å². The van der Waals surface area contributed by atoms with Crippen molar-refractivity contribution in [2.45, 2.75) is 23.8 Å². The minimum Gasteiger partial charge on any atom is -0.504 e. The van der Waals surface area contributed by atoms with Gasteiger partial charge in [-0.15, -0.1) is 0 Å². The maximum absolute atomic E-state index is 13.3. The highest BCUT2D eigenvalue weighted by atomic mass is 79.9. The third kappa shape index (κ3) is 4.90. The molecule has 0 saturated carbocycles. The van der Waals surface area contributed by atoms with Gasteiger partial charge in [-0.25, -0.2) is 8.42 Å². The Morgan fingerprint density at radius 3 is 2.70 bits per heavy atom. The standard InChI is InChI=1S/C19H21BrClN3O4S2/c1-28-11-12-5-4-10-24(12)30(26,27)18-14(21)8-9-16(17(18)25)23-19(29)22-15-7-3-2-6-13(15)20/h2-3,6-9,12,25H,4-5,10-11H2,1H3,(H2,22,23,29). The number of nitrogens with one attached hydrogen (secondary N) is 2. The Morgan fingerprint density at radius 1 is 1.30 bits per heavy atom. The summed E-state index contributed by atoms with van der Waals surface area (Å²) < 4.78 is 33.8. The van der Waals surface area contributed by atoms with E-state index in [1.54, 1.807) is 0 Å². The van der Waals surface area contributed by atoms with Crippen molar-refractivity contribution in [2.24, 2.45) is 0 Å². The Labute approximate surface area is 194 Å². The van der Waals surface area contributed by atoms with Crippen molar-refractivity contribution in [1.29, 1.82) is 0 Å². The number of phenolic OH excluding ortho intramolecular Hbond substituents is 1. The summed E-state index contributed by atoms with van der Waals surface area (Å²) in [7, 11) is -2.51. The summed E-state index contributed by atoms with van der Waals surface area (Å²) in [4.78, 5) is -0.346. The highest BCUT2D eigenvalue weighted by Gasteiger charge is 2.38. The third-order valence-corrected chi connectivity index (χ3v) is 8.05. The quantitative estimate of drug-likeness (QED) is 0.373. The third-order valence-electron chi connectivity index (χ3n) is 4.70. The van der Waals surface area contributed by atoms with Crippen LogP contribution in [0.15, 0.2) is 45.8 Å². The molecule has 2 aromatic rings. The SMILES string of the molecule is COCC1CCCN1S(=O)(=O)c1c(Cl)ccc(NC(=S)Nc2ccccc2Br)c1O. The number of methoxy groups -OCH3 is 1. The van der Waals surface area contributed by atoms with Gasteiger partial charge in [0.05, 0.1) is 23.0 Å². The first-order chi connectivity index (χ1) is 14.3. The van der Waals surface area contributed by atoms with Gasteiger partial charge in [0.25, 0.3) is 0 Å². The van der Waals surface area contributed by atoms with Crippen LogP contribution in [0.3, 0.4) is 0 Å². The van der Waals surface area contributed by atoms with Crippen LogP contribution in [-0.2, 0) is 14.8 Å². The molecule has 0 amide bonds. The zero-order valence-electron chi connectivity index (χ0n) is 16.1. The van der Waals surface area contributed by atoms with Crippen molar-refractivity contribution in [2.75, 3.05) is 30.9 Å². The van der Waals surface area contributed by atoms with Crippen LogP contribution in [0.1, 0.15) is 12.8 Å². The van der Waals surface area contributed by atoms with Crippen molar-refractivity contribution in [3.8, 4) is 5.75 Å². The summed E-state index contributed by atoms with van der Waals surface area (Å²) in [5.41, 5.74) is 0.848. The molecule has 3 rings (SSSR count). The number of phenols is 1. The van der Waals surface area contributed by atoms with Gasteiger partial charge in [-0.2, -0.15) is 4.31 Å². The fourth-order valence-corrected chi connectivity index (χ4v) is 6.21. The van der Waals surface area contributed by atoms with Crippen molar-refractivity contribution in [3.63, 3.8) is 0 Å². The Kier molecular flexibility index (Phi) is 7.59. The number of rotatable bonds is 6.